The SMILES string of the molecule is CCCCN(c1cc(Cl)nc(C2CC2)n1)C(C)CC. The van der Waals surface area contributed by atoms with Gasteiger partial charge in [0.2, 0.25) is 0 Å². The molecule has 0 aromatic carbocycles. The normalized spacial score (nSPS) is 16.4. The van der Waals surface area contributed by atoms with Crippen molar-refractivity contribution >= 4 is 17.4 Å². The zero-order chi connectivity index (χ0) is 13.8. The summed E-state index contributed by atoms with van der Waals surface area (Å²) in [6.45, 7) is 7.73. The highest BCUT2D eigenvalue weighted by atomic mass is 35.5. The van der Waals surface area contributed by atoms with Crippen LogP contribution in [0.1, 0.15) is 64.6 Å². The maximum absolute atomic E-state index is 6.17. The lowest BCUT2D eigenvalue weighted by Gasteiger charge is -2.30. The van der Waals surface area contributed by atoms with E-state index in [1.807, 2.05) is 6.07 Å². The largest absolute Gasteiger partial charge is 0.354 e. The summed E-state index contributed by atoms with van der Waals surface area (Å²) >= 11 is 6.17. The predicted molar refractivity (Wildman–Crippen MR) is 81.0 cm³/mol. The minimum atomic E-state index is 0.490. The Hall–Kier alpha value is -0.830. The quantitative estimate of drug-likeness (QED) is 0.693. The van der Waals surface area contributed by atoms with Gasteiger partial charge in [-0.1, -0.05) is 31.9 Å². The molecule has 0 spiro atoms. The lowest BCUT2D eigenvalue weighted by Crippen LogP contribution is -2.34. The van der Waals surface area contributed by atoms with Gasteiger partial charge in [0.1, 0.15) is 16.8 Å². The van der Waals surface area contributed by atoms with Gasteiger partial charge < -0.3 is 4.90 Å². The van der Waals surface area contributed by atoms with Gasteiger partial charge in [-0.2, -0.15) is 0 Å². The molecule has 4 heteroatoms. The molecule has 0 amide bonds. The van der Waals surface area contributed by atoms with E-state index in [1.54, 1.807) is 0 Å². The zero-order valence-corrected chi connectivity index (χ0v) is 13.0. The van der Waals surface area contributed by atoms with Crippen LogP contribution in [0.3, 0.4) is 0 Å². The molecule has 2 rings (SSSR count). The van der Waals surface area contributed by atoms with E-state index in [4.69, 9.17) is 16.6 Å². The van der Waals surface area contributed by atoms with Crippen molar-refractivity contribution in [3.8, 4) is 0 Å². The summed E-state index contributed by atoms with van der Waals surface area (Å²) in [5, 5.41) is 0.580. The first-order valence-electron chi connectivity index (χ1n) is 7.46. The Balaban J connectivity index is 2.23. The summed E-state index contributed by atoms with van der Waals surface area (Å²) in [5.74, 6) is 2.49. The molecule has 3 nitrogen and oxygen atoms in total. The Kier molecular flexibility index (Phi) is 5.03. The van der Waals surface area contributed by atoms with Crippen LogP contribution in [0, 0.1) is 0 Å². The lowest BCUT2D eigenvalue weighted by molar-refractivity contribution is 0.587. The molecule has 0 N–H and O–H groups in total. The van der Waals surface area contributed by atoms with E-state index in [-0.39, 0.29) is 0 Å². The highest BCUT2D eigenvalue weighted by Crippen LogP contribution is 2.39. The average Bonchev–Trinajstić information content (AvgIpc) is 3.22. The number of hydrogen-bond donors (Lipinski definition) is 0. The third-order valence-corrected chi connectivity index (χ3v) is 4.00. The summed E-state index contributed by atoms with van der Waals surface area (Å²) in [6, 6.07) is 2.40. The van der Waals surface area contributed by atoms with Crippen LogP contribution in [0.15, 0.2) is 6.07 Å². The van der Waals surface area contributed by atoms with Gasteiger partial charge in [-0.05, 0) is 32.6 Å². The van der Waals surface area contributed by atoms with Crippen molar-refractivity contribution in [3.05, 3.63) is 17.0 Å². The Morgan fingerprint density at radius 1 is 1.37 bits per heavy atom. The Morgan fingerprint density at radius 2 is 2.11 bits per heavy atom. The number of anilines is 1. The standard InChI is InChI=1S/C15H24ClN3/c1-4-6-9-19(11(3)5-2)14-10-13(16)17-15(18-14)12-7-8-12/h10-12H,4-9H2,1-3H3. The summed E-state index contributed by atoms with van der Waals surface area (Å²) in [5.41, 5.74) is 0. The van der Waals surface area contributed by atoms with E-state index < -0.39 is 0 Å². The molecule has 0 saturated heterocycles. The van der Waals surface area contributed by atoms with Crippen molar-refractivity contribution in [1.82, 2.24) is 9.97 Å². The van der Waals surface area contributed by atoms with Crippen LogP contribution in [0.25, 0.3) is 0 Å². The molecule has 0 aliphatic heterocycles. The summed E-state index contributed by atoms with van der Waals surface area (Å²) in [6.07, 6.45) is 5.91. The van der Waals surface area contributed by atoms with Gasteiger partial charge >= 0.3 is 0 Å². The molecule has 1 saturated carbocycles. The molecule has 1 heterocycles. The smallest absolute Gasteiger partial charge is 0.135 e. The molecule has 1 fully saturated rings. The maximum Gasteiger partial charge on any atom is 0.135 e. The summed E-state index contributed by atoms with van der Waals surface area (Å²) in [7, 11) is 0. The van der Waals surface area contributed by atoms with Crippen LogP contribution < -0.4 is 4.90 Å². The molecule has 1 unspecified atom stereocenters. The number of nitrogens with zero attached hydrogens (tertiary/aromatic N) is 3. The van der Waals surface area contributed by atoms with Crippen LogP contribution >= 0.6 is 11.6 Å². The number of rotatable bonds is 7. The van der Waals surface area contributed by atoms with E-state index in [9.17, 15) is 0 Å². The predicted octanol–water partition coefficient (Wildman–Crippen LogP) is 4.41. The van der Waals surface area contributed by atoms with Crippen molar-refractivity contribution in [2.75, 3.05) is 11.4 Å². The highest BCUT2D eigenvalue weighted by molar-refractivity contribution is 6.29. The summed E-state index contributed by atoms with van der Waals surface area (Å²) in [4.78, 5) is 11.5. The Morgan fingerprint density at radius 3 is 2.68 bits per heavy atom. The van der Waals surface area contributed by atoms with Gasteiger partial charge in [0.15, 0.2) is 0 Å². The minimum absolute atomic E-state index is 0.490. The number of aromatic nitrogens is 2. The monoisotopic (exact) mass is 281 g/mol. The molecule has 1 aliphatic carbocycles. The van der Waals surface area contributed by atoms with Gasteiger partial charge in [0.05, 0.1) is 0 Å². The molecule has 1 aliphatic rings. The van der Waals surface area contributed by atoms with E-state index in [2.05, 4.69) is 30.7 Å². The number of halogens is 1. The molecule has 1 atom stereocenters. The molecule has 106 valence electrons. The number of unbranched alkanes of at least 4 members (excludes halogenated alkanes) is 1. The van der Waals surface area contributed by atoms with E-state index in [1.165, 1.54) is 25.7 Å². The van der Waals surface area contributed by atoms with Crippen LogP contribution in [0.4, 0.5) is 5.82 Å². The highest BCUT2D eigenvalue weighted by Gasteiger charge is 2.28. The molecule has 0 bridgehead atoms. The zero-order valence-electron chi connectivity index (χ0n) is 12.2. The molecule has 1 aromatic rings. The van der Waals surface area contributed by atoms with Crippen LogP contribution in [0.2, 0.25) is 5.15 Å². The average molecular weight is 282 g/mol. The Bertz CT molecular complexity index is 418. The first-order chi connectivity index (χ1) is 9.15. The van der Waals surface area contributed by atoms with Gasteiger partial charge in [-0.25, -0.2) is 9.97 Å². The lowest BCUT2D eigenvalue weighted by atomic mass is 10.2. The number of hydrogen-bond acceptors (Lipinski definition) is 3. The Labute approximate surface area is 121 Å². The molecule has 0 radical (unpaired) electrons. The van der Waals surface area contributed by atoms with Crippen LogP contribution in [0.5, 0.6) is 0 Å². The maximum atomic E-state index is 6.17. The van der Waals surface area contributed by atoms with Crippen molar-refractivity contribution in [3.63, 3.8) is 0 Å². The van der Waals surface area contributed by atoms with E-state index in [0.29, 0.717) is 17.1 Å². The van der Waals surface area contributed by atoms with Crippen molar-refractivity contribution in [2.45, 2.75) is 64.8 Å². The minimum Gasteiger partial charge on any atom is -0.354 e. The second kappa shape index (κ2) is 6.56. The first kappa shape index (κ1) is 14.6. The van der Waals surface area contributed by atoms with Crippen LogP contribution in [-0.4, -0.2) is 22.6 Å². The third-order valence-electron chi connectivity index (χ3n) is 3.81. The summed E-state index contributed by atoms with van der Waals surface area (Å²) < 4.78 is 0. The molecular weight excluding hydrogens is 258 g/mol. The van der Waals surface area contributed by atoms with Gasteiger partial charge in [0.25, 0.3) is 0 Å². The van der Waals surface area contributed by atoms with Gasteiger partial charge in [-0.3, -0.25) is 0 Å². The first-order valence-corrected chi connectivity index (χ1v) is 7.84. The second-order valence-electron chi connectivity index (χ2n) is 5.49. The van der Waals surface area contributed by atoms with E-state index in [0.717, 1.165) is 24.6 Å². The second-order valence-corrected chi connectivity index (χ2v) is 5.87. The van der Waals surface area contributed by atoms with Crippen LogP contribution in [-0.2, 0) is 0 Å². The van der Waals surface area contributed by atoms with E-state index >= 15 is 0 Å². The fourth-order valence-corrected chi connectivity index (χ4v) is 2.39. The topological polar surface area (TPSA) is 29.0 Å². The van der Waals surface area contributed by atoms with Gasteiger partial charge in [-0.15, -0.1) is 0 Å². The molecular formula is C15H24ClN3. The van der Waals surface area contributed by atoms with Crippen molar-refractivity contribution in [1.29, 1.82) is 0 Å². The van der Waals surface area contributed by atoms with Crippen molar-refractivity contribution < 1.29 is 0 Å². The van der Waals surface area contributed by atoms with Gasteiger partial charge in [0, 0.05) is 24.6 Å². The van der Waals surface area contributed by atoms with Crippen molar-refractivity contribution in [2.24, 2.45) is 0 Å². The fourth-order valence-electron chi connectivity index (χ4n) is 2.20. The third kappa shape index (κ3) is 3.82. The molecule has 1 aromatic heterocycles. The fraction of sp³-hybridized carbons (Fsp3) is 0.733. The molecule has 19 heavy (non-hydrogen) atoms.